The Morgan fingerprint density at radius 1 is 1.15 bits per heavy atom. The highest BCUT2D eigenvalue weighted by Crippen LogP contribution is 2.36. The Balaban J connectivity index is 1.71. The van der Waals surface area contributed by atoms with E-state index in [1.165, 1.54) is 27.1 Å². The minimum absolute atomic E-state index is 0.0945. The maximum atomic E-state index is 11.9. The van der Waals surface area contributed by atoms with Gasteiger partial charge in [0.05, 0.1) is 19.0 Å². The summed E-state index contributed by atoms with van der Waals surface area (Å²) in [6.07, 6.45) is -1.55. The first-order valence-corrected chi connectivity index (χ1v) is 11.7. The van der Waals surface area contributed by atoms with E-state index < -0.39 is 42.4 Å². The Hall–Kier alpha value is -2.59. The smallest absolute Gasteiger partial charge is 0.303 e. The van der Waals surface area contributed by atoms with Gasteiger partial charge in [0, 0.05) is 50.0 Å². The molecule has 1 N–H and O–H groups in total. The molecule has 0 bridgehead atoms. The van der Waals surface area contributed by atoms with Crippen LogP contribution in [0, 0.1) is 3.83 Å². The Morgan fingerprint density at radius 2 is 1.88 bits per heavy atom. The molecule has 2 aliphatic rings. The van der Waals surface area contributed by atoms with E-state index in [9.17, 15) is 14.4 Å². The van der Waals surface area contributed by atoms with Crippen LogP contribution in [0.4, 0.5) is 5.82 Å². The van der Waals surface area contributed by atoms with Crippen LogP contribution in [0.1, 0.15) is 33.4 Å². The zero-order valence-corrected chi connectivity index (χ0v) is 20.9. The van der Waals surface area contributed by atoms with Gasteiger partial charge in [-0.1, -0.05) is 0 Å². The molecule has 2 aliphatic heterocycles. The predicted octanol–water partition coefficient (Wildman–Crippen LogP) is 0.956. The molecule has 4 rings (SSSR count). The van der Waals surface area contributed by atoms with E-state index in [4.69, 9.17) is 23.7 Å². The number of carbonyl (C=O) groups excluding carboxylic acids is 3. The second-order valence-electron chi connectivity index (χ2n) is 7.89. The van der Waals surface area contributed by atoms with Crippen molar-refractivity contribution in [3.8, 4) is 0 Å². The third kappa shape index (κ3) is 5.38. The second-order valence-corrected chi connectivity index (χ2v) is 8.85. The molecule has 0 saturated carbocycles. The molecular weight excluding hydrogens is 565 g/mol. The van der Waals surface area contributed by atoms with Crippen LogP contribution >= 0.6 is 22.6 Å². The Morgan fingerprint density at radius 3 is 2.53 bits per heavy atom. The minimum Gasteiger partial charge on any atom is -0.463 e. The number of hydrogen-bond donors (Lipinski definition) is 1. The molecule has 184 valence electrons. The summed E-state index contributed by atoms with van der Waals surface area (Å²) in [7, 11) is 0. The number of halogens is 1. The number of fused-ring (bicyclic) bond motifs is 1. The van der Waals surface area contributed by atoms with E-state index >= 15 is 0 Å². The number of carbonyl (C=O) groups is 3. The molecule has 0 aromatic carbocycles. The topological polar surface area (TPSA) is 153 Å². The third-order valence-electron chi connectivity index (χ3n) is 5.28. The Labute approximate surface area is 208 Å². The van der Waals surface area contributed by atoms with Crippen molar-refractivity contribution in [3.05, 3.63) is 10.2 Å². The minimum atomic E-state index is -1.04. The highest BCUT2D eigenvalue weighted by atomic mass is 127. The van der Waals surface area contributed by atoms with Crippen LogP contribution in [0.25, 0.3) is 11.2 Å². The lowest BCUT2D eigenvalue weighted by Gasteiger charge is -2.23. The van der Waals surface area contributed by atoms with Gasteiger partial charge >= 0.3 is 17.9 Å². The van der Waals surface area contributed by atoms with Crippen LogP contribution in [0.3, 0.4) is 0 Å². The summed E-state index contributed by atoms with van der Waals surface area (Å²) < 4.78 is 29.6. The van der Waals surface area contributed by atoms with Gasteiger partial charge in [-0.15, -0.1) is 0 Å². The van der Waals surface area contributed by atoms with E-state index in [-0.39, 0.29) is 12.6 Å². The molecular formula is C20H24IN5O8. The number of esters is 3. The van der Waals surface area contributed by atoms with E-state index in [1.54, 1.807) is 4.57 Å². The van der Waals surface area contributed by atoms with Crippen LogP contribution in [-0.4, -0.2) is 81.6 Å². The van der Waals surface area contributed by atoms with E-state index in [0.717, 1.165) is 6.42 Å². The van der Waals surface area contributed by atoms with Crippen molar-refractivity contribution in [1.82, 2.24) is 19.5 Å². The summed E-state index contributed by atoms with van der Waals surface area (Å²) in [6, 6.07) is 0.0945. The molecule has 13 nitrogen and oxygen atoms in total. The molecule has 2 saturated heterocycles. The van der Waals surface area contributed by atoms with Crippen LogP contribution in [0.15, 0.2) is 6.33 Å². The molecule has 2 fully saturated rings. The molecule has 0 amide bonds. The van der Waals surface area contributed by atoms with Crippen molar-refractivity contribution in [2.45, 2.75) is 57.8 Å². The summed E-state index contributed by atoms with van der Waals surface area (Å²) in [4.78, 5) is 48.5. The highest BCUT2D eigenvalue weighted by Gasteiger charge is 2.51. The van der Waals surface area contributed by atoms with Crippen molar-refractivity contribution in [2.24, 2.45) is 0 Å². The average Bonchev–Trinajstić information content (AvgIpc) is 3.46. The largest absolute Gasteiger partial charge is 0.463 e. The van der Waals surface area contributed by atoms with Gasteiger partial charge in [0.2, 0.25) is 0 Å². The summed E-state index contributed by atoms with van der Waals surface area (Å²) >= 11 is 2.00. The molecule has 34 heavy (non-hydrogen) atoms. The molecule has 5 atom stereocenters. The van der Waals surface area contributed by atoms with Crippen molar-refractivity contribution in [2.75, 3.05) is 25.1 Å². The predicted molar refractivity (Wildman–Crippen MR) is 123 cm³/mol. The van der Waals surface area contributed by atoms with Gasteiger partial charge in [0.15, 0.2) is 39.2 Å². The number of aromatic nitrogens is 4. The third-order valence-corrected chi connectivity index (χ3v) is 5.76. The van der Waals surface area contributed by atoms with Crippen LogP contribution < -0.4 is 5.32 Å². The number of anilines is 1. The first-order valence-electron chi connectivity index (χ1n) is 10.6. The second kappa shape index (κ2) is 10.4. The van der Waals surface area contributed by atoms with Crippen molar-refractivity contribution in [1.29, 1.82) is 0 Å². The summed E-state index contributed by atoms with van der Waals surface area (Å²) in [5.74, 6) is -1.18. The molecule has 0 aliphatic carbocycles. The molecule has 0 radical (unpaired) electrons. The standard InChI is InChI=1S/C20H24IN5O8/c1-9(27)31-7-13-15(32-10(2)28)16(33-11(3)29)19(34-13)26-8-22-14-17(23-12-4-5-30-6-12)24-20(21)25-18(14)26/h8,12-13,15-16,19H,4-7H2,1-3H3,(H,23,24,25)/t12?,13-,15+,16-,19-/m1/s1. The molecule has 14 heteroatoms. The number of nitrogens with one attached hydrogen (secondary N) is 1. The highest BCUT2D eigenvalue weighted by molar-refractivity contribution is 14.1. The molecule has 0 spiro atoms. The SMILES string of the molecule is CC(=O)OC[C@H]1O[C@@H](n2cnc3c(NC4CCOC4)nc(I)nc32)[C@H](OC(C)=O)[C@H]1OC(C)=O. The summed E-state index contributed by atoms with van der Waals surface area (Å²) in [5.41, 5.74) is 0.919. The van der Waals surface area contributed by atoms with Gasteiger partial charge in [-0.3, -0.25) is 19.0 Å². The molecule has 2 aromatic heterocycles. The van der Waals surface area contributed by atoms with Crippen molar-refractivity contribution in [3.63, 3.8) is 0 Å². The Kier molecular flexibility index (Phi) is 7.47. The normalized spacial score (nSPS) is 26.4. The molecule has 2 aromatic rings. The number of ether oxygens (including phenoxy) is 5. The zero-order chi connectivity index (χ0) is 24.4. The summed E-state index contributed by atoms with van der Waals surface area (Å²) in [6.45, 7) is 4.75. The van der Waals surface area contributed by atoms with Crippen molar-refractivity contribution >= 4 is 57.5 Å². The molecule has 4 heterocycles. The van der Waals surface area contributed by atoms with Crippen LogP contribution in [0.2, 0.25) is 0 Å². The fourth-order valence-corrected chi connectivity index (χ4v) is 4.40. The summed E-state index contributed by atoms with van der Waals surface area (Å²) in [5, 5.41) is 3.34. The number of rotatable bonds is 7. The monoisotopic (exact) mass is 589 g/mol. The first kappa shape index (κ1) is 24.5. The lowest BCUT2D eigenvalue weighted by atomic mass is 10.1. The fraction of sp³-hybridized carbons (Fsp3) is 0.600. The maximum absolute atomic E-state index is 11.9. The van der Waals surface area contributed by atoms with Gasteiger partial charge in [0.25, 0.3) is 0 Å². The zero-order valence-electron chi connectivity index (χ0n) is 18.7. The molecule has 1 unspecified atom stereocenters. The number of hydrogen-bond acceptors (Lipinski definition) is 12. The van der Waals surface area contributed by atoms with E-state index in [2.05, 4.69) is 20.3 Å². The van der Waals surface area contributed by atoms with Gasteiger partial charge in [-0.05, 0) is 6.42 Å². The van der Waals surface area contributed by atoms with Gasteiger partial charge in [-0.25, -0.2) is 15.0 Å². The lowest BCUT2D eigenvalue weighted by molar-refractivity contribution is -0.166. The maximum Gasteiger partial charge on any atom is 0.303 e. The van der Waals surface area contributed by atoms with Crippen molar-refractivity contribution < 1.29 is 38.1 Å². The van der Waals surface area contributed by atoms with Gasteiger partial charge in [-0.2, -0.15) is 0 Å². The fourth-order valence-electron chi connectivity index (χ4n) is 3.94. The number of nitrogens with zero attached hydrogens (tertiary/aromatic N) is 4. The van der Waals surface area contributed by atoms with Gasteiger partial charge in [0.1, 0.15) is 12.7 Å². The first-order chi connectivity index (χ1) is 16.2. The quantitative estimate of drug-likeness (QED) is 0.212. The van der Waals surface area contributed by atoms with Crippen LogP contribution in [-0.2, 0) is 38.1 Å². The van der Waals surface area contributed by atoms with E-state index in [1.807, 2.05) is 22.6 Å². The van der Waals surface area contributed by atoms with Gasteiger partial charge < -0.3 is 29.0 Å². The van der Waals surface area contributed by atoms with E-state index in [0.29, 0.717) is 34.0 Å². The average molecular weight is 589 g/mol. The van der Waals surface area contributed by atoms with Crippen LogP contribution in [0.5, 0.6) is 0 Å². The number of imidazole rings is 1. The Bertz CT molecular complexity index is 1090. The lowest BCUT2D eigenvalue weighted by Crippen LogP contribution is -2.40.